The zero-order valence-electron chi connectivity index (χ0n) is 13.1. The van der Waals surface area contributed by atoms with E-state index < -0.39 is 0 Å². The summed E-state index contributed by atoms with van der Waals surface area (Å²) >= 11 is 0. The molecule has 0 spiro atoms. The van der Waals surface area contributed by atoms with Crippen molar-refractivity contribution in [3.05, 3.63) is 41.0 Å². The second kappa shape index (κ2) is 4.88. The maximum Gasteiger partial charge on any atom is 0.234 e. The molecule has 3 aromatic heterocycles. The molecule has 7 nitrogen and oxygen atoms in total. The Balaban J connectivity index is 1.58. The number of rotatable bonds is 2. The van der Waals surface area contributed by atoms with E-state index in [1.165, 1.54) is 0 Å². The van der Waals surface area contributed by atoms with Crippen molar-refractivity contribution < 1.29 is 0 Å². The molecule has 3 aromatic rings. The predicted octanol–water partition coefficient (Wildman–Crippen LogP) is 1.26. The molecule has 0 unspecified atom stereocenters. The van der Waals surface area contributed by atoms with Crippen LogP contribution in [-0.4, -0.2) is 40.6 Å². The molecule has 0 radical (unpaired) electrons. The Morgan fingerprint density at radius 1 is 1.09 bits per heavy atom. The molecule has 1 aliphatic rings. The number of aryl methyl sites for hydroxylation is 3. The minimum atomic E-state index is 0.781. The van der Waals surface area contributed by atoms with Crippen molar-refractivity contribution in [3.63, 3.8) is 0 Å². The third kappa shape index (κ3) is 2.18. The van der Waals surface area contributed by atoms with Crippen LogP contribution in [0.25, 0.3) is 5.78 Å². The first kappa shape index (κ1) is 13.4. The van der Waals surface area contributed by atoms with Crippen molar-refractivity contribution in [2.75, 3.05) is 6.54 Å². The number of fused-ring (bicyclic) bond motifs is 2. The molecule has 0 saturated heterocycles. The first-order valence-electron chi connectivity index (χ1n) is 7.53. The van der Waals surface area contributed by atoms with E-state index in [-0.39, 0.29) is 0 Å². The van der Waals surface area contributed by atoms with Crippen LogP contribution in [0.15, 0.2) is 12.3 Å². The molecule has 0 fully saturated rings. The Labute approximate surface area is 128 Å². The highest BCUT2D eigenvalue weighted by molar-refractivity contribution is 5.34. The third-order valence-corrected chi connectivity index (χ3v) is 4.21. The molecule has 0 aromatic carbocycles. The summed E-state index contributed by atoms with van der Waals surface area (Å²) in [4.78, 5) is 11.5. The average Bonchev–Trinajstić information content (AvgIpc) is 3.03. The molecule has 0 amide bonds. The first-order chi connectivity index (χ1) is 10.6. The van der Waals surface area contributed by atoms with Gasteiger partial charge in [-0.15, -0.1) is 10.2 Å². The molecular weight excluding hydrogens is 278 g/mol. The van der Waals surface area contributed by atoms with Gasteiger partial charge in [0.2, 0.25) is 5.78 Å². The summed E-state index contributed by atoms with van der Waals surface area (Å²) in [6, 6.07) is 2.07. The lowest BCUT2D eigenvalue weighted by Gasteiger charge is -2.26. The molecular formula is C15H19N7. The van der Waals surface area contributed by atoms with E-state index in [2.05, 4.69) is 53.2 Å². The van der Waals surface area contributed by atoms with Gasteiger partial charge in [-0.25, -0.2) is 9.97 Å². The largest absolute Gasteiger partial charge is 0.313 e. The Bertz CT molecular complexity index is 845. The maximum absolute atomic E-state index is 4.66. The summed E-state index contributed by atoms with van der Waals surface area (Å²) < 4.78 is 4.24. The van der Waals surface area contributed by atoms with Gasteiger partial charge in [-0.2, -0.15) is 0 Å². The van der Waals surface area contributed by atoms with Gasteiger partial charge in [0.25, 0.3) is 0 Å². The number of nitrogens with zero attached hydrogens (tertiary/aromatic N) is 7. The van der Waals surface area contributed by atoms with Gasteiger partial charge < -0.3 is 4.57 Å². The van der Waals surface area contributed by atoms with Gasteiger partial charge in [-0.3, -0.25) is 9.30 Å². The summed E-state index contributed by atoms with van der Waals surface area (Å²) in [5.41, 5.74) is 3.21. The monoisotopic (exact) mass is 297 g/mol. The number of hydrogen-bond acceptors (Lipinski definition) is 5. The minimum Gasteiger partial charge on any atom is -0.313 e. The maximum atomic E-state index is 4.66. The summed E-state index contributed by atoms with van der Waals surface area (Å²) in [5, 5.41) is 8.40. The zero-order valence-corrected chi connectivity index (χ0v) is 13.1. The van der Waals surface area contributed by atoms with Crippen molar-refractivity contribution in [3.8, 4) is 0 Å². The molecule has 4 rings (SSSR count). The Kier molecular flexibility index (Phi) is 2.97. The van der Waals surface area contributed by atoms with Crippen LogP contribution in [0.3, 0.4) is 0 Å². The van der Waals surface area contributed by atoms with Crippen molar-refractivity contribution in [2.24, 2.45) is 0 Å². The number of aromatic nitrogens is 6. The topological polar surface area (TPSA) is 64.1 Å². The van der Waals surface area contributed by atoms with Crippen LogP contribution in [0.5, 0.6) is 0 Å². The highest BCUT2D eigenvalue weighted by atomic mass is 15.3. The summed E-state index contributed by atoms with van der Waals surface area (Å²) in [7, 11) is 0. The molecule has 4 heterocycles. The highest BCUT2D eigenvalue weighted by Gasteiger charge is 2.20. The van der Waals surface area contributed by atoms with E-state index in [0.29, 0.717) is 0 Å². The molecule has 0 bridgehead atoms. The van der Waals surface area contributed by atoms with Crippen molar-refractivity contribution >= 4 is 5.78 Å². The molecule has 7 heteroatoms. The van der Waals surface area contributed by atoms with Crippen LogP contribution in [0.4, 0.5) is 0 Å². The van der Waals surface area contributed by atoms with Crippen LogP contribution in [0, 0.1) is 20.8 Å². The van der Waals surface area contributed by atoms with Crippen LogP contribution in [0.2, 0.25) is 0 Å². The Morgan fingerprint density at radius 3 is 2.82 bits per heavy atom. The van der Waals surface area contributed by atoms with Crippen molar-refractivity contribution in [1.29, 1.82) is 0 Å². The van der Waals surface area contributed by atoms with E-state index in [4.69, 9.17) is 0 Å². The third-order valence-electron chi connectivity index (χ3n) is 4.21. The molecule has 22 heavy (non-hydrogen) atoms. The first-order valence-corrected chi connectivity index (χ1v) is 7.53. The fourth-order valence-corrected chi connectivity index (χ4v) is 3.11. The lowest BCUT2D eigenvalue weighted by Crippen LogP contribution is -2.33. The van der Waals surface area contributed by atoms with Gasteiger partial charge in [-0.05, 0) is 26.8 Å². The fourth-order valence-electron chi connectivity index (χ4n) is 3.11. The SMILES string of the molecule is Cc1cc(C)n2cc(CN3CCn4c(C)nnc4C3)nc2n1. The highest BCUT2D eigenvalue weighted by Crippen LogP contribution is 2.15. The Hall–Kier alpha value is -2.28. The molecule has 0 saturated carbocycles. The van der Waals surface area contributed by atoms with Gasteiger partial charge >= 0.3 is 0 Å². The summed E-state index contributed by atoms with van der Waals surface area (Å²) in [6.07, 6.45) is 2.09. The van der Waals surface area contributed by atoms with Gasteiger partial charge in [0, 0.05) is 37.2 Å². The van der Waals surface area contributed by atoms with E-state index in [1.807, 2.05) is 13.8 Å². The van der Waals surface area contributed by atoms with Crippen molar-refractivity contribution in [2.45, 2.75) is 40.4 Å². The Morgan fingerprint density at radius 2 is 1.95 bits per heavy atom. The molecule has 1 aliphatic heterocycles. The molecule has 0 aliphatic carbocycles. The van der Waals surface area contributed by atoms with Crippen LogP contribution < -0.4 is 0 Å². The van der Waals surface area contributed by atoms with Gasteiger partial charge in [-0.1, -0.05) is 0 Å². The lowest BCUT2D eigenvalue weighted by atomic mass is 10.3. The lowest BCUT2D eigenvalue weighted by molar-refractivity contribution is 0.206. The fraction of sp³-hybridized carbons (Fsp3) is 0.467. The smallest absolute Gasteiger partial charge is 0.234 e. The van der Waals surface area contributed by atoms with Gasteiger partial charge in [0.05, 0.1) is 12.2 Å². The standard InChI is InChI=1S/C15H19N7/c1-10-6-11(2)22-8-13(17-15(22)16-10)7-20-4-5-21-12(3)18-19-14(21)9-20/h6,8H,4-5,7,9H2,1-3H3. The van der Waals surface area contributed by atoms with Crippen LogP contribution in [0.1, 0.15) is 28.7 Å². The number of hydrogen-bond donors (Lipinski definition) is 0. The molecule has 0 N–H and O–H groups in total. The van der Waals surface area contributed by atoms with E-state index >= 15 is 0 Å². The molecule has 0 atom stereocenters. The normalized spacial score (nSPS) is 15.4. The zero-order chi connectivity index (χ0) is 15.3. The number of imidazole rings is 1. The summed E-state index contributed by atoms with van der Waals surface area (Å²) in [5.74, 6) is 2.82. The minimum absolute atomic E-state index is 0.781. The predicted molar refractivity (Wildman–Crippen MR) is 81.3 cm³/mol. The van der Waals surface area contributed by atoms with Crippen LogP contribution >= 0.6 is 0 Å². The average molecular weight is 297 g/mol. The second-order valence-electron chi connectivity index (χ2n) is 5.97. The van der Waals surface area contributed by atoms with E-state index in [0.717, 1.165) is 60.7 Å². The van der Waals surface area contributed by atoms with Crippen LogP contribution in [-0.2, 0) is 19.6 Å². The van der Waals surface area contributed by atoms with Crippen molar-refractivity contribution in [1.82, 2.24) is 34.0 Å². The van der Waals surface area contributed by atoms with Gasteiger partial charge in [0.15, 0.2) is 0 Å². The quantitative estimate of drug-likeness (QED) is 0.712. The van der Waals surface area contributed by atoms with Gasteiger partial charge in [0.1, 0.15) is 11.6 Å². The summed E-state index contributed by atoms with van der Waals surface area (Å²) in [6.45, 7) is 9.66. The van der Waals surface area contributed by atoms with E-state index in [9.17, 15) is 0 Å². The van der Waals surface area contributed by atoms with E-state index in [1.54, 1.807) is 0 Å². The second-order valence-corrected chi connectivity index (χ2v) is 5.97. The molecule has 114 valence electrons.